The van der Waals surface area contributed by atoms with Crippen LogP contribution in [0.1, 0.15) is 16.1 Å². The molecule has 0 fully saturated rings. The van der Waals surface area contributed by atoms with Crippen molar-refractivity contribution in [2.24, 2.45) is 0 Å². The van der Waals surface area contributed by atoms with Crippen molar-refractivity contribution in [1.82, 2.24) is 0 Å². The summed E-state index contributed by atoms with van der Waals surface area (Å²) < 4.78 is 22.9. The quantitative estimate of drug-likeness (QED) is 0.886. The minimum absolute atomic E-state index is 0.0136. The Balaban J connectivity index is 2.05. The van der Waals surface area contributed by atoms with Crippen molar-refractivity contribution < 1.29 is 23.4 Å². The summed E-state index contributed by atoms with van der Waals surface area (Å²) in [5.41, 5.74) is 0.0621. The zero-order chi connectivity index (χ0) is 12.3. The Morgan fingerprint density at radius 3 is 2.65 bits per heavy atom. The van der Waals surface area contributed by atoms with Crippen molar-refractivity contribution in [3.05, 3.63) is 53.7 Å². The van der Waals surface area contributed by atoms with E-state index in [0.717, 1.165) is 0 Å². The number of ether oxygens (including phenoxy) is 1. The number of carboxylic acid groups (broad SMARTS) is 1. The summed E-state index contributed by atoms with van der Waals surface area (Å²) in [6.07, 6.45) is 1.28. The number of hydrogen-bond acceptors (Lipinski definition) is 3. The fourth-order valence-corrected chi connectivity index (χ4v) is 1.32. The van der Waals surface area contributed by atoms with Crippen molar-refractivity contribution in [3.63, 3.8) is 0 Å². The van der Waals surface area contributed by atoms with Gasteiger partial charge in [0.05, 0.1) is 6.26 Å². The molecule has 4 nitrogen and oxygen atoms in total. The van der Waals surface area contributed by atoms with Crippen LogP contribution in [-0.4, -0.2) is 11.1 Å². The van der Waals surface area contributed by atoms with Gasteiger partial charge in [0.1, 0.15) is 23.7 Å². The van der Waals surface area contributed by atoms with Crippen LogP contribution in [-0.2, 0) is 6.61 Å². The summed E-state index contributed by atoms with van der Waals surface area (Å²) in [7, 11) is 0. The Labute approximate surface area is 96.2 Å². The van der Waals surface area contributed by atoms with Crippen LogP contribution >= 0.6 is 0 Å². The summed E-state index contributed by atoms with van der Waals surface area (Å²) in [5, 5.41) is 8.82. The molecule has 2 aromatic rings. The first-order valence-corrected chi connectivity index (χ1v) is 4.85. The second-order valence-electron chi connectivity index (χ2n) is 3.31. The van der Waals surface area contributed by atoms with Gasteiger partial charge in [0.25, 0.3) is 0 Å². The summed E-state index contributed by atoms with van der Waals surface area (Å²) in [6, 6.07) is 6.79. The lowest BCUT2D eigenvalue weighted by molar-refractivity contribution is 0.0692. The standard InChI is InChI=1S/C12H9FO4/c13-8-1-3-9(4-2-8)17-7-11-10(12(14)15)5-6-16-11/h1-6H,7H2,(H,14,15). The van der Waals surface area contributed by atoms with E-state index >= 15 is 0 Å². The van der Waals surface area contributed by atoms with Crippen LogP contribution in [0.25, 0.3) is 0 Å². The van der Waals surface area contributed by atoms with Crippen LogP contribution in [0.15, 0.2) is 41.0 Å². The van der Waals surface area contributed by atoms with Gasteiger partial charge in [-0.2, -0.15) is 0 Å². The fourth-order valence-electron chi connectivity index (χ4n) is 1.32. The first kappa shape index (κ1) is 11.2. The second kappa shape index (κ2) is 4.69. The van der Waals surface area contributed by atoms with Gasteiger partial charge < -0.3 is 14.3 Å². The summed E-state index contributed by atoms with van der Waals surface area (Å²) in [5.74, 6) is -0.765. The van der Waals surface area contributed by atoms with Gasteiger partial charge in [-0.3, -0.25) is 0 Å². The predicted molar refractivity (Wildman–Crippen MR) is 56.4 cm³/mol. The van der Waals surface area contributed by atoms with E-state index in [1.807, 2.05) is 0 Å². The number of rotatable bonds is 4. The second-order valence-corrected chi connectivity index (χ2v) is 3.31. The van der Waals surface area contributed by atoms with Crippen LogP contribution in [0.2, 0.25) is 0 Å². The predicted octanol–water partition coefficient (Wildman–Crippen LogP) is 2.70. The van der Waals surface area contributed by atoms with Crippen LogP contribution in [0.3, 0.4) is 0 Å². The molecule has 0 aliphatic heterocycles. The fraction of sp³-hybridized carbons (Fsp3) is 0.0833. The van der Waals surface area contributed by atoms with Crippen LogP contribution < -0.4 is 4.74 Å². The molecule has 0 unspecified atom stereocenters. The molecule has 88 valence electrons. The molecule has 1 heterocycles. The number of halogens is 1. The molecule has 0 aliphatic carbocycles. The molecule has 1 aromatic carbocycles. The normalized spacial score (nSPS) is 10.2. The van der Waals surface area contributed by atoms with Crippen molar-refractivity contribution in [1.29, 1.82) is 0 Å². The highest BCUT2D eigenvalue weighted by atomic mass is 19.1. The van der Waals surface area contributed by atoms with Gasteiger partial charge in [-0.15, -0.1) is 0 Å². The molecular formula is C12H9FO4. The molecule has 1 aromatic heterocycles. The molecule has 1 N–H and O–H groups in total. The largest absolute Gasteiger partial charge is 0.486 e. The van der Waals surface area contributed by atoms with Gasteiger partial charge >= 0.3 is 5.97 Å². The SMILES string of the molecule is O=C(O)c1ccoc1COc1ccc(F)cc1. The molecule has 0 bridgehead atoms. The van der Waals surface area contributed by atoms with Crippen molar-refractivity contribution in [3.8, 4) is 5.75 Å². The van der Waals surface area contributed by atoms with Crippen molar-refractivity contribution >= 4 is 5.97 Å². The maximum atomic E-state index is 12.6. The van der Waals surface area contributed by atoms with E-state index in [-0.39, 0.29) is 23.7 Å². The van der Waals surface area contributed by atoms with Gasteiger partial charge in [0.15, 0.2) is 5.76 Å². The maximum absolute atomic E-state index is 12.6. The lowest BCUT2D eigenvalue weighted by atomic mass is 10.2. The third-order valence-electron chi connectivity index (χ3n) is 2.16. The smallest absolute Gasteiger partial charge is 0.339 e. The average Bonchev–Trinajstić information content (AvgIpc) is 2.76. The summed E-state index contributed by atoms with van der Waals surface area (Å²) in [6.45, 7) is -0.0136. The Morgan fingerprint density at radius 2 is 2.00 bits per heavy atom. The molecule has 0 amide bonds. The number of aromatic carboxylic acids is 1. The van der Waals surface area contributed by atoms with E-state index < -0.39 is 5.97 Å². The number of carbonyl (C=O) groups is 1. The first-order valence-electron chi connectivity index (χ1n) is 4.85. The van der Waals surface area contributed by atoms with Crippen LogP contribution in [0.4, 0.5) is 4.39 Å². The van der Waals surface area contributed by atoms with Crippen molar-refractivity contribution in [2.75, 3.05) is 0 Å². The summed E-state index contributed by atoms with van der Waals surface area (Å²) >= 11 is 0. The molecule has 5 heteroatoms. The molecule has 17 heavy (non-hydrogen) atoms. The molecule has 0 saturated carbocycles. The third kappa shape index (κ3) is 2.63. The highest BCUT2D eigenvalue weighted by Gasteiger charge is 2.13. The lowest BCUT2D eigenvalue weighted by Gasteiger charge is -2.04. The molecule has 0 saturated heterocycles. The molecule has 2 rings (SSSR count). The highest BCUT2D eigenvalue weighted by molar-refractivity contribution is 5.88. The zero-order valence-electron chi connectivity index (χ0n) is 8.72. The Hall–Kier alpha value is -2.30. The Morgan fingerprint density at radius 1 is 1.29 bits per heavy atom. The highest BCUT2D eigenvalue weighted by Crippen LogP contribution is 2.16. The average molecular weight is 236 g/mol. The minimum atomic E-state index is -1.07. The van der Waals surface area contributed by atoms with E-state index in [4.69, 9.17) is 14.3 Å². The Bertz CT molecular complexity index is 516. The van der Waals surface area contributed by atoms with E-state index in [9.17, 15) is 9.18 Å². The number of furan rings is 1. The topological polar surface area (TPSA) is 59.7 Å². The first-order chi connectivity index (χ1) is 8.16. The van der Waals surface area contributed by atoms with Gasteiger partial charge in [0, 0.05) is 0 Å². The van der Waals surface area contributed by atoms with E-state index in [2.05, 4.69) is 0 Å². The maximum Gasteiger partial charge on any atom is 0.339 e. The minimum Gasteiger partial charge on any atom is -0.486 e. The molecular weight excluding hydrogens is 227 g/mol. The zero-order valence-corrected chi connectivity index (χ0v) is 8.72. The number of carboxylic acids is 1. The van der Waals surface area contributed by atoms with E-state index in [1.54, 1.807) is 0 Å². The lowest BCUT2D eigenvalue weighted by Crippen LogP contribution is -2.02. The third-order valence-corrected chi connectivity index (χ3v) is 2.16. The Kier molecular flexibility index (Phi) is 3.09. The summed E-state index contributed by atoms with van der Waals surface area (Å²) in [4.78, 5) is 10.8. The van der Waals surface area contributed by atoms with E-state index in [1.165, 1.54) is 36.6 Å². The van der Waals surface area contributed by atoms with Crippen molar-refractivity contribution in [2.45, 2.75) is 6.61 Å². The monoisotopic (exact) mass is 236 g/mol. The van der Waals surface area contributed by atoms with E-state index in [0.29, 0.717) is 5.75 Å². The van der Waals surface area contributed by atoms with Gasteiger partial charge in [-0.1, -0.05) is 0 Å². The number of hydrogen-bond donors (Lipinski definition) is 1. The molecule has 0 aliphatic rings. The molecule has 0 atom stereocenters. The van der Waals surface area contributed by atoms with Crippen LogP contribution in [0.5, 0.6) is 5.75 Å². The van der Waals surface area contributed by atoms with Gasteiger partial charge in [-0.25, -0.2) is 9.18 Å². The number of benzene rings is 1. The van der Waals surface area contributed by atoms with Gasteiger partial charge in [-0.05, 0) is 30.3 Å². The molecule has 0 radical (unpaired) electrons. The molecule has 0 spiro atoms. The van der Waals surface area contributed by atoms with Crippen LogP contribution in [0, 0.1) is 5.82 Å². The van der Waals surface area contributed by atoms with Gasteiger partial charge in [0.2, 0.25) is 0 Å².